The number of aromatic hydroxyl groups is 1. The predicted octanol–water partition coefficient (Wildman–Crippen LogP) is -2.56. The van der Waals surface area contributed by atoms with Crippen molar-refractivity contribution in [3.63, 3.8) is 0 Å². The van der Waals surface area contributed by atoms with Crippen molar-refractivity contribution >= 4 is 46.5 Å². The van der Waals surface area contributed by atoms with Crippen molar-refractivity contribution in [2.45, 2.75) is 68.9 Å². The van der Waals surface area contributed by atoms with Gasteiger partial charge in [0.05, 0.1) is 12.7 Å². The zero-order valence-electron chi connectivity index (χ0n) is 27.9. The number of phenols is 1. The van der Waals surface area contributed by atoms with E-state index in [9.17, 15) is 44.4 Å². The molecule has 0 saturated heterocycles. The lowest BCUT2D eigenvalue weighted by Crippen LogP contribution is -2.61. The average molecular weight is 712 g/mol. The number of aliphatic hydroxyl groups excluding tert-OH is 2. The first-order valence-electron chi connectivity index (χ1n) is 16.1. The number of carboxylic acids is 1. The van der Waals surface area contributed by atoms with E-state index in [0.29, 0.717) is 11.1 Å². The molecule has 0 spiro atoms. The number of hydrogen-bond acceptors (Lipinski definition) is 10. The SMILES string of the molecule is C[C@@H](O)[C@H](NC(=O)[C@H](CCCN=C(N)N)NC(=O)[C@@H](N)CO)C(=O)N[C@@H](Cc1c[nH]c2ccccc12)C(=O)N[C@@H](Cc1ccc(O)cc1)C(=O)O. The van der Waals surface area contributed by atoms with Crippen molar-refractivity contribution in [3.05, 3.63) is 65.9 Å². The fraction of sp³-hybridized carbons (Fsp3) is 0.394. The Morgan fingerprint density at radius 1 is 0.843 bits per heavy atom. The van der Waals surface area contributed by atoms with Crippen molar-refractivity contribution in [2.24, 2.45) is 22.2 Å². The van der Waals surface area contributed by atoms with Crippen LogP contribution in [-0.2, 0) is 36.8 Å². The van der Waals surface area contributed by atoms with Crippen molar-refractivity contribution in [1.82, 2.24) is 26.3 Å². The Hall–Kier alpha value is -5.72. The number of carboxylic acid groups (broad SMARTS) is 1. The number of carbonyl (C=O) groups is 5. The Morgan fingerprint density at radius 3 is 2.10 bits per heavy atom. The molecule has 0 saturated carbocycles. The number of guanidine groups is 1. The monoisotopic (exact) mass is 711 g/mol. The van der Waals surface area contributed by atoms with Crippen LogP contribution in [0.15, 0.2) is 59.7 Å². The quantitative estimate of drug-likeness (QED) is 0.0347. The van der Waals surface area contributed by atoms with Crippen LogP contribution in [-0.4, -0.2) is 110 Å². The van der Waals surface area contributed by atoms with Crippen LogP contribution in [0.5, 0.6) is 5.75 Å². The number of aliphatic imine (C=N–C) groups is 1. The number of nitrogens with zero attached hydrogens (tertiary/aromatic N) is 1. The Morgan fingerprint density at radius 2 is 1.47 bits per heavy atom. The van der Waals surface area contributed by atoms with Crippen LogP contribution in [0.2, 0.25) is 0 Å². The van der Waals surface area contributed by atoms with Crippen LogP contribution < -0.4 is 38.5 Å². The summed E-state index contributed by atoms with van der Waals surface area (Å²) in [5.74, 6) is -5.15. The number of phenolic OH excluding ortho intramolecular Hbond substituents is 1. The standard InChI is InChI=1S/C33H45N9O9/c1-17(44)27(42-29(47)24(7-4-12-37-33(35)36)39-28(46)22(34)16-43)31(49)40-25(14-19-15-38-23-6-3-2-5-21(19)23)30(48)41-26(32(50)51)13-18-8-10-20(45)11-9-18/h2-3,5-6,8-11,15,17,22,24-27,38,43-45H,4,7,12-14,16,34H2,1H3,(H,39,46)(H,40,49)(H,41,48)(H,42,47)(H,50,51)(H4,35,36,37)/t17-,22+,24+,25+,26+,27+/m1/s1. The van der Waals surface area contributed by atoms with Crippen LogP contribution in [0.25, 0.3) is 10.9 Å². The van der Waals surface area contributed by atoms with Crippen LogP contribution in [0.4, 0.5) is 0 Å². The van der Waals surface area contributed by atoms with Gasteiger partial charge in [0.15, 0.2) is 5.96 Å². The number of aromatic nitrogens is 1. The molecular weight excluding hydrogens is 666 g/mol. The van der Waals surface area contributed by atoms with Crippen LogP contribution in [0.3, 0.4) is 0 Å². The van der Waals surface area contributed by atoms with Gasteiger partial charge in [-0.25, -0.2) is 4.79 Å². The second-order valence-corrected chi connectivity index (χ2v) is 11.9. The van der Waals surface area contributed by atoms with Gasteiger partial charge in [0, 0.05) is 36.5 Å². The fourth-order valence-corrected chi connectivity index (χ4v) is 5.12. The molecule has 0 unspecified atom stereocenters. The van der Waals surface area contributed by atoms with E-state index in [1.165, 1.54) is 31.2 Å². The maximum atomic E-state index is 13.7. The minimum Gasteiger partial charge on any atom is -0.508 e. The van der Waals surface area contributed by atoms with Crippen molar-refractivity contribution in [1.29, 1.82) is 0 Å². The lowest BCUT2D eigenvalue weighted by atomic mass is 10.0. The van der Waals surface area contributed by atoms with Gasteiger partial charge in [0.1, 0.15) is 36.0 Å². The number of amides is 4. The van der Waals surface area contributed by atoms with E-state index in [2.05, 4.69) is 31.2 Å². The van der Waals surface area contributed by atoms with Gasteiger partial charge in [0.2, 0.25) is 23.6 Å². The molecule has 0 aliphatic rings. The van der Waals surface area contributed by atoms with E-state index in [0.717, 1.165) is 10.9 Å². The average Bonchev–Trinajstić information content (AvgIpc) is 3.50. The van der Waals surface area contributed by atoms with E-state index >= 15 is 0 Å². The number of nitrogens with two attached hydrogens (primary N) is 3. The van der Waals surface area contributed by atoms with Crippen LogP contribution in [0.1, 0.15) is 30.9 Å². The number of H-pyrrole nitrogens is 1. The maximum Gasteiger partial charge on any atom is 0.326 e. The van der Waals surface area contributed by atoms with E-state index < -0.39 is 72.5 Å². The van der Waals surface area contributed by atoms with E-state index in [4.69, 9.17) is 17.2 Å². The molecule has 0 aliphatic heterocycles. The smallest absolute Gasteiger partial charge is 0.326 e. The number of hydrogen-bond donors (Lipinski definition) is 12. The first kappa shape index (κ1) is 39.7. The molecule has 6 atom stereocenters. The molecule has 1 aromatic heterocycles. The summed E-state index contributed by atoms with van der Waals surface area (Å²) in [6, 6.07) is 5.86. The third kappa shape index (κ3) is 12.0. The number of carbonyl (C=O) groups excluding carboxylic acids is 4. The number of rotatable bonds is 19. The molecule has 1 heterocycles. The summed E-state index contributed by atoms with van der Waals surface area (Å²) in [5.41, 5.74) is 18.1. The van der Waals surface area contributed by atoms with Crippen LogP contribution in [0, 0.1) is 0 Å². The second kappa shape index (κ2) is 18.9. The molecule has 15 N–H and O–H groups in total. The largest absolute Gasteiger partial charge is 0.508 e. The summed E-state index contributed by atoms with van der Waals surface area (Å²) in [6.07, 6.45) is 0.0584. The second-order valence-electron chi connectivity index (χ2n) is 11.9. The molecule has 0 fully saturated rings. The molecule has 276 valence electrons. The number of benzene rings is 2. The summed E-state index contributed by atoms with van der Waals surface area (Å²) >= 11 is 0. The van der Waals surface area contributed by atoms with Gasteiger partial charge in [-0.1, -0.05) is 30.3 Å². The number of aliphatic carboxylic acids is 1. The minimum absolute atomic E-state index is 0.0238. The summed E-state index contributed by atoms with van der Waals surface area (Å²) in [4.78, 5) is 72.4. The number of para-hydroxylation sites is 1. The molecule has 4 amide bonds. The topological polar surface area (TPSA) is 321 Å². The van der Waals surface area contributed by atoms with E-state index in [1.54, 1.807) is 24.4 Å². The Kier molecular flexibility index (Phi) is 14.7. The number of nitrogens with one attached hydrogen (secondary N) is 5. The molecule has 18 heteroatoms. The van der Waals surface area contributed by atoms with Gasteiger partial charge in [-0.2, -0.15) is 0 Å². The zero-order chi connectivity index (χ0) is 37.7. The normalized spacial score (nSPS) is 14.6. The molecule has 18 nitrogen and oxygen atoms in total. The van der Waals surface area contributed by atoms with E-state index in [-0.39, 0.29) is 43.9 Å². The third-order valence-corrected chi connectivity index (χ3v) is 7.90. The van der Waals surface area contributed by atoms with Crippen molar-refractivity contribution in [2.75, 3.05) is 13.2 Å². The molecule has 2 aromatic carbocycles. The molecule has 0 aliphatic carbocycles. The van der Waals surface area contributed by atoms with Gasteiger partial charge in [0.25, 0.3) is 0 Å². The number of aliphatic hydroxyl groups is 2. The number of fused-ring (bicyclic) bond motifs is 1. The minimum atomic E-state index is -1.65. The highest BCUT2D eigenvalue weighted by Gasteiger charge is 2.34. The van der Waals surface area contributed by atoms with Gasteiger partial charge in [-0.15, -0.1) is 0 Å². The highest BCUT2D eigenvalue weighted by atomic mass is 16.4. The predicted molar refractivity (Wildman–Crippen MR) is 186 cm³/mol. The molecule has 0 bridgehead atoms. The van der Waals surface area contributed by atoms with Crippen molar-refractivity contribution in [3.8, 4) is 5.75 Å². The lowest BCUT2D eigenvalue weighted by molar-refractivity contribution is -0.142. The van der Waals surface area contributed by atoms with Gasteiger partial charge in [-0.05, 0) is 49.1 Å². The Balaban J connectivity index is 1.86. The highest BCUT2D eigenvalue weighted by Crippen LogP contribution is 2.20. The van der Waals surface area contributed by atoms with Gasteiger partial charge >= 0.3 is 5.97 Å². The van der Waals surface area contributed by atoms with Crippen molar-refractivity contribution < 1.29 is 44.4 Å². The lowest BCUT2D eigenvalue weighted by Gasteiger charge is -2.27. The summed E-state index contributed by atoms with van der Waals surface area (Å²) in [5, 5.41) is 49.9. The highest BCUT2D eigenvalue weighted by molar-refractivity contribution is 5.96. The molecule has 3 aromatic rings. The Bertz CT molecular complexity index is 1690. The van der Waals surface area contributed by atoms with Gasteiger partial charge < -0.3 is 63.9 Å². The number of aromatic amines is 1. The maximum absolute atomic E-state index is 13.7. The molecular formula is C33H45N9O9. The first-order valence-corrected chi connectivity index (χ1v) is 16.1. The third-order valence-electron chi connectivity index (χ3n) is 7.90. The molecule has 51 heavy (non-hydrogen) atoms. The fourth-order valence-electron chi connectivity index (χ4n) is 5.12. The van der Waals surface area contributed by atoms with Crippen LogP contribution >= 0.6 is 0 Å². The van der Waals surface area contributed by atoms with Gasteiger partial charge in [-0.3, -0.25) is 24.2 Å². The summed E-state index contributed by atoms with van der Waals surface area (Å²) < 4.78 is 0. The summed E-state index contributed by atoms with van der Waals surface area (Å²) in [7, 11) is 0. The summed E-state index contributed by atoms with van der Waals surface area (Å²) in [6.45, 7) is 0.624. The first-order chi connectivity index (χ1) is 24.2. The Labute approximate surface area is 292 Å². The molecule has 3 rings (SSSR count). The molecule has 0 radical (unpaired) electrons. The van der Waals surface area contributed by atoms with E-state index in [1.807, 2.05) is 6.07 Å². The zero-order valence-corrected chi connectivity index (χ0v) is 27.9.